The predicted molar refractivity (Wildman–Crippen MR) is 88.1 cm³/mol. The number of likely N-dealkylation sites (N-methyl/N-ethyl adjacent to an activating group) is 1. The quantitative estimate of drug-likeness (QED) is 0.785. The molecule has 1 saturated carbocycles. The molecule has 21 heavy (non-hydrogen) atoms. The highest BCUT2D eigenvalue weighted by Crippen LogP contribution is 2.34. The number of hydrogen-bond donors (Lipinski definition) is 1. The first-order valence-electron chi connectivity index (χ1n) is 7.77. The van der Waals surface area contributed by atoms with Gasteiger partial charge in [0, 0.05) is 13.2 Å². The van der Waals surface area contributed by atoms with Crippen LogP contribution in [0.25, 0.3) is 0 Å². The molecule has 1 aromatic rings. The number of ether oxygens (including phenoxy) is 1. The van der Waals surface area contributed by atoms with Gasteiger partial charge in [-0.05, 0) is 59.9 Å². The summed E-state index contributed by atoms with van der Waals surface area (Å²) < 4.78 is 19.9. The topological polar surface area (TPSA) is 21.3 Å². The first kappa shape index (κ1) is 16.9. The lowest BCUT2D eigenvalue weighted by Gasteiger charge is -2.39. The van der Waals surface area contributed by atoms with Gasteiger partial charge in [-0.1, -0.05) is 31.7 Å². The Labute approximate surface area is 135 Å². The standard InChI is InChI=1S/C17H25BrFNO/c1-20-16(12-13-7-8-15(19)14(18)11-13)17(21-2)9-5-3-4-6-10-17/h7-8,11,16,20H,3-6,9-10,12H2,1-2H3. The van der Waals surface area contributed by atoms with E-state index in [9.17, 15) is 4.39 Å². The fourth-order valence-electron chi connectivity index (χ4n) is 3.48. The third kappa shape index (κ3) is 4.05. The molecule has 0 amide bonds. The van der Waals surface area contributed by atoms with Gasteiger partial charge in [-0.25, -0.2) is 4.39 Å². The molecule has 2 nitrogen and oxygen atoms in total. The van der Waals surface area contributed by atoms with Gasteiger partial charge in [0.25, 0.3) is 0 Å². The van der Waals surface area contributed by atoms with Crippen molar-refractivity contribution in [2.24, 2.45) is 0 Å². The first-order valence-corrected chi connectivity index (χ1v) is 8.57. The van der Waals surface area contributed by atoms with Crippen molar-refractivity contribution in [3.8, 4) is 0 Å². The van der Waals surface area contributed by atoms with E-state index in [1.165, 1.54) is 31.7 Å². The molecule has 0 aromatic heterocycles. The zero-order chi connectivity index (χ0) is 15.3. The fraction of sp³-hybridized carbons (Fsp3) is 0.647. The third-order valence-corrected chi connectivity index (χ3v) is 5.37. The Bertz CT molecular complexity index is 458. The van der Waals surface area contributed by atoms with E-state index in [2.05, 4.69) is 21.2 Å². The fourth-order valence-corrected chi connectivity index (χ4v) is 3.90. The molecular formula is C17H25BrFNO. The minimum atomic E-state index is -0.212. The van der Waals surface area contributed by atoms with Crippen LogP contribution in [-0.2, 0) is 11.2 Å². The highest BCUT2D eigenvalue weighted by Gasteiger charge is 2.38. The zero-order valence-electron chi connectivity index (χ0n) is 12.9. The van der Waals surface area contributed by atoms with Crippen LogP contribution in [0.2, 0.25) is 0 Å². The highest BCUT2D eigenvalue weighted by atomic mass is 79.9. The number of rotatable bonds is 5. The summed E-state index contributed by atoms with van der Waals surface area (Å²) in [5.74, 6) is -0.212. The number of hydrogen-bond acceptors (Lipinski definition) is 2. The Morgan fingerprint density at radius 2 is 1.95 bits per heavy atom. The summed E-state index contributed by atoms with van der Waals surface area (Å²) in [5.41, 5.74) is 1.02. The number of nitrogens with one attached hydrogen (secondary N) is 1. The molecule has 0 radical (unpaired) electrons. The van der Waals surface area contributed by atoms with Crippen LogP contribution < -0.4 is 5.32 Å². The Kier molecular flexibility index (Phi) is 6.20. The van der Waals surface area contributed by atoms with Crippen molar-refractivity contribution in [2.75, 3.05) is 14.2 Å². The van der Waals surface area contributed by atoms with E-state index in [0.717, 1.165) is 24.8 Å². The van der Waals surface area contributed by atoms with Crippen LogP contribution in [0.15, 0.2) is 22.7 Å². The first-order chi connectivity index (χ1) is 10.1. The van der Waals surface area contributed by atoms with Crippen LogP contribution in [-0.4, -0.2) is 25.8 Å². The average molecular weight is 358 g/mol. The maximum atomic E-state index is 13.4. The van der Waals surface area contributed by atoms with Crippen LogP contribution in [0.5, 0.6) is 0 Å². The molecule has 1 aliphatic carbocycles. The minimum Gasteiger partial charge on any atom is -0.377 e. The Hall–Kier alpha value is -0.450. The molecule has 0 heterocycles. The molecule has 118 valence electrons. The highest BCUT2D eigenvalue weighted by molar-refractivity contribution is 9.10. The van der Waals surface area contributed by atoms with Crippen LogP contribution in [0.4, 0.5) is 4.39 Å². The van der Waals surface area contributed by atoms with Crippen molar-refractivity contribution >= 4 is 15.9 Å². The summed E-state index contributed by atoms with van der Waals surface area (Å²) in [4.78, 5) is 0. The normalized spacial score (nSPS) is 20.0. The van der Waals surface area contributed by atoms with E-state index in [1.807, 2.05) is 26.3 Å². The van der Waals surface area contributed by atoms with Crippen LogP contribution in [0.1, 0.15) is 44.1 Å². The minimum absolute atomic E-state index is 0.105. The lowest BCUT2D eigenvalue weighted by molar-refractivity contribution is -0.0509. The molecule has 1 aliphatic rings. The van der Waals surface area contributed by atoms with E-state index >= 15 is 0 Å². The van der Waals surface area contributed by atoms with E-state index < -0.39 is 0 Å². The largest absolute Gasteiger partial charge is 0.377 e. The molecule has 1 N–H and O–H groups in total. The predicted octanol–water partition coefficient (Wildman–Crippen LogP) is 4.46. The molecule has 2 rings (SSSR count). The van der Waals surface area contributed by atoms with Crippen molar-refractivity contribution in [1.82, 2.24) is 5.32 Å². The second-order valence-corrected chi connectivity index (χ2v) is 6.83. The number of methoxy groups -OCH3 is 1. The van der Waals surface area contributed by atoms with Crippen molar-refractivity contribution in [1.29, 1.82) is 0 Å². The summed E-state index contributed by atoms with van der Waals surface area (Å²) in [6.45, 7) is 0. The molecule has 0 bridgehead atoms. The monoisotopic (exact) mass is 357 g/mol. The van der Waals surface area contributed by atoms with E-state index in [4.69, 9.17) is 4.74 Å². The molecule has 1 aromatic carbocycles. The van der Waals surface area contributed by atoms with Gasteiger partial charge in [0.1, 0.15) is 5.82 Å². The van der Waals surface area contributed by atoms with Crippen LogP contribution >= 0.6 is 15.9 Å². The molecular weight excluding hydrogens is 333 g/mol. The van der Waals surface area contributed by atoms with Gasteiger partial charge in [-0.15, -0.1) is 0 Å². The van der Waals surface area contributed by atoms with Crippen molar-refractivity contribution in [3.05, 3.63) is 34.1 Å². The van der Waals surface area contributed by atoms with Crippen molar-refractivity contribution in [2.45, 2.75) is 56.6 Å². The van der Waals surface area contributed by atoms with E-state index in [-0.39, 0.29) is 17.5 Å². The lowest BCUT2D eigenvalue weighted by atomic mass is 9.83. The number of benzene rings is 1. The molecule has 1 unspecified atom stereocenters. The molecule has 0 saturated heterocycles. The van der Waals surface area contributed by atoms with E-state index in [1.54, 1.807) is 0 Å². The van der Waals surface area contributed by atoms with Gasteiger partial charge < -0.3 is 10.1 Å². The molecule has 1 atom stereocenters. The van der Waals surface area contributed by atoms with Gasteiger partial charge in [-0.3, -0.25) is 0 Å². The third-order valence-electron chi connectivity index (χ3n) is 4.76. The maximum absolute atomic E-state index is 13.4. The number of halogens is 2. The van der Waals surface area contributed by atoms with Crippen molar-refractivity contribution in [3.63, 3.8) is 0 Å². The molecule has 0 aliphatic heterocycles. The average Bonchev–Trinajstić information content (AvgIpc) is 2.74. The lowest BCUT2D eigenvalue weighted by Crippen LogP contribution is -2.52. The smallest absolute Gasteiger partial charge is 0.137 e. The molecule has 4 heteroatoms. The molecule has 1 fully saturated rings. The van der Waals surface area contributed by atoms with E-state index in [0.29, 0.717) is 4.47 Å². The Balaban J connectivity index is 2.18. The summed E-state index contributed by atoms with van der Waals surface area (Å²) in [6.07, 6.45) is 8.07. The Morgan fingerprint density at radius 3 is 2.48 bits per heavy atom. The van der Waals surface area contributed by atoms with Gasteiger partial charge in [0.15, 0.2) is 0 Å². The van der Waals surface area contributed by atoms with Gasteiger partial charge >= 0.3 is 0 Å². The Morgan fingerprint density at radius 1 is 1.29 bits per heavy atom. The summed E-state index contributed by atoms with van der Waals surface area (Å²) in [5, 5.41) is 3.44. The van der Waals surface area contributed by atoms with Crippen LogP contribution in [0, 0.1) is 5.82 Å². The summed E-state index contributed by atoms with van der Waals surface area (Å²) >= 11 is 3.27. The second-order valence-electron chi connectivity index (χ2n) is 5.98. The molecule has 0 spiro atoms. The van der Waals surface area contributed by atoms with Gasteiger partial charge in [0.2, 0.25) is 0 Å². The summed E-state index contributed by atoms with van der Waals surface area (Å²) in [7, 11) is 3.82. The maximum Gasteiger partial charge on any atom is 0.137 e. The summed E-state index contributed by atoms with van der Waals surface area (Å²) in [6, 6.07) is 5.51. The van der Waals surface area contributed by atoms with Gasteiger partial charge in [0.05, 0.1) is 10.1 Å². The van der Waals surface area contributed by atoms with Crippen LogP contribution in [0.3, 0.4) is 0 Å². The second kappa shape index (κ2) is 7.70. The SMILES string of the molecule is CNC(Cc1ccc(F)c(Br)c1)C1(OC)CCCCCC1. The van der Waals surface area contributed by atoms with Crippen molar-refractivity contribution < 1.29 is 9.13 Å². The zero-order valence-corrected chi connectivity index (χ0v) is 14.5. The van der Waals surface area contributed by atoms with Gasteiger partial charge in [-0.2, -0.15) is 0 Å².